The number of hydrogen-bond acceptors (Lipinski definition) is 4. The number of amides is 2. The Hall–Kier alpha value is -2.90. The predicted molar refractivity (Wildman–Crippen MR) is 134 cm³/mol. The van der Waals surface area contributed by atoms with Crippen LogP contribution in [0.25, 0.3) is 10.9 Å². The topological polar surface area (TPSA) is 80.3 Å². The number of halogens is 3. The molecule has 2 aromatic carbocycles. The zero-order valence-electron chi connectivity index (χ0n) is 18.3. The maximum Gasteiger partial charge on any atom is 0.270 e. The van der Waals surface area contributed by atoms with Gasteiger partial charge >= 0.3 is 0 Å². The van der Waals surface area contributed by atoms with Gasteiger partial charge in [0.1, 0.15) is 17.3 Å². The number of pyridine rings is 1. The number of hydrogen-bond donors (Lipinski definition) is 2. The molecule has 2 amide bonds. The molecule has 9 heteroatoms. The highest BCUT2D eigenvalue weighted by molar-refractivity contribution is 6.31. The number of carbonyl (C=O) groups excluding carboxylic acids is 2. The number of nitrogens with one attached hydrogen (secondary N) is 2. The van der Waals surface area contributed by atoms with Crippen molar-refractivity contribution in [3.8, 4) is 5.75 Å². The van der Waals surface area contributed by atoms with Gasteiger partial charge < -0.3 is 15.4 Å². The van der Waals surface area contributed by atoms with Gasteiger partial charge in [-0.1, -0.05) is 29.3 Å². The van der Waals surface area contributed by atoms with Crippen LogP contribution in [0.5, 0.6) is 5.75 Å². The van der Waals surface area contributed by atoms with Crippen molar-refractivity contribution in [2.24, 2.45) is 5.92 Å². The first-order valence-electron chi connectivity index (χ1n) is 11.1. The van der Waals surface area contributed by atoms with Gasteiger partial charge in [0, 0.05) is 31.9 Å². The van der Waals surface area contributed by atoms with Crippen LogP contribution in [0.1, 0.15) is 39.0 Å². The van der Waals surface area contributed by atoms with Gasteiger partial charge in [0.2, 0.25) is 0 Å². The Morgan fingerprint density at radius 3 is 2.62 bits per heavy atom. The first-order valence-corrected chi connectivity index (χ1v) is 11.8. The van der Waals surface area contributed by atoms with Gasteiger partial charge in [0.05, 0.1) is 10.5 Å². The molecule has 0 unspecified atom stereocenters. The predicted octanol–water partition coefficient (Wildman–Crippen LogP) is 5.66. The smallest absolute Gasteiger partial charge is 0.270 e. The standard InChI is InChI=1S/C25H24Cl2FN3O3.2H2/c26-17-4-10-22-16(11-17)3-9-23(31-22)25(33)30-18-5-1-15(2-6-18)13-29-24(32)14-34-19-7-8-20(27)21(28)12-19;;/h3-4,7-12,15,18H,1-2,5-6,13-14H2,(H,29,32)(H,30,33);2*1H. The minimum absolute atomic E-state index is 0. The van der Waals surface area contributed by atoms with Crippen molar-refractivity contribution in [1.82, 2.24) is 15.6 Å². The lowest BCUT2D eigenvalue weighted by molar-refractivity contribution is -0.123. The van der Waals surface area contributed by atoms with Crippen molar-refractivity contribution < 1.29 is 21.6 Å². The van der Waals surface area contributed by atoms with Crippen LogP contribution in [-0.4, -0.2) is 36.0 Å². The van der Waals surface area contributed by atoms with Gasteiger partial charge in [-0.25, -0.2) is 9.37 Å². The summed E-state index contributed by atoms with van der Waals surface area (Å²) in [5, 5.41) is 7.45. The normalized spacial score (nSPS) is 17.9. The quantitative estimate of drug-likeness (QED) is 0.432. The summed E-state index contributed by atoms with van der Waals surface area (Å²) in [5.74, 6) is -0.477. The second-order valence-corrected chi connectivity index (χ2v) is 9.24. The van der Waals surface area contributed by atoms with Gasteiger partial charge in [-0.05, 0) is 68.0 Å². The van der Waals surface area contributed by atoms with Gasteiger partial charge in [-0.15, -0.1) is 0 Å². The fraction of sp³-hybridized carbons (Fsp3) is 0.320. The summed E-state index contributed by atoms with van der Waals surface area (Å²) >= 11 is 11.6. The molecule has 34 heavy (non-hydrogen) atoms. The Bertz CT molecular complexity index is 1210. The van der Waals surface area contributed by atoms with Crippen molar-refractivity contribution in [3.63, 3.8) is 0 Å². The minimum atomic E-state index is -0.593. The molecule has 0 bridgehead atoms. The van der Waals surface area contributed by atoms with Gasteiger partial charge in [0.15, 0.2) is 6.61 Å². The van der Waals surface area contributed by atoms with E-state index in [0.717, 1.165) is 42.7 Å². The van der Waals surface area contributed by atoms with E-state index >= 15 is 0 Å². The fourth-order valence-electron chi connectivity index (χ4n) is 4.02. The Kier molecular flexibility index (Phi) is 7.85. The summed E-state index contributed by atoms with van der Waals surface area (Å²) in [6.07, 6.45) is 3.43. The molecule has 1 heterocycles. The number of rotatable bonds is 7. The van der Waals surface area contributed by atoms with Crippen LogP contribution in [0.3, 0.4) is 0 Å². The van der Waals surface area contributed by atoms with E-state index in [1.165, 1.54) is 12.1 Å². The van der Waals surface area contributed by atoms with E-state index in [1.807, 2.05) is 12.1 Å². The third kappa shape index (κ3) is 6.36. The molecule has 1 aromatic heterocycles. The number of aromatic nitrogens is 1. The third-order valence-electron chi connectivity index (χ3n) is 5.91. The summed E-state index contributed by atoms with van der Waals surface area (Å²) in [7, 11) is 0. The minimum Gasteiger partial charge on any atom is -0.484 e. The largest absolute Gasteiger partial charge is 0.484 e. The molecule has 1 saturated carbocycles. The summed E-state index contributed by atoms with van der Waals surface area (Å²) < 4.78 is 18.7. The molecule has 182 valence electrons. The van der Waals surface area contributed by atoms with E-state index in [1.54, 1.807) is 18.2 Å². The first-order chi connectivity index (χ1) is 16.4. The Morgan fingerprint density at radius 2 is 1.85 bits per heavy atom. The Labute approximate surface area is 209 Å². The molecule has 0 saturated heterocycles. The van der Waals surface area contributed by atoms with Crippen molar-refractivity contribution in [3.05, 3.63) is 70.1 Å². The second-order valence-electron chi connectivity index (χ2n) is 8.39. The van der Waals surface area contributed by atoms with E-state index in [9.17, 15) is 14.0 Å². The van der Waals surface area contributed by atoms with Crippen molar-refractivity contribution in [2.75, 3.05) is 13.2 Å². The molecule has 0 radical (unpaired) electrons. The summed E-state index contributed by atoms with van der Waals surface area (Å²) in [6.45, 7) is 0.337. The second kappa shape index (κ2) is 11.0. The van der Waals surface area contributed by atoms with E-state index in [-0.39, 0.29) is 38.1 Å². The van der Waals surface area contributed by atoms with Gasteiger partial charge in [0.25, 0.3) is 11.8 Å². The summed E-state index contributed by atoms with van der Waals surface area (Å²) in [4.78, 5) is 29.1. The molecule has 4 rings (SSSR count). The Morgan fingerprint density at radius 1 is 1.06 bits per heavy atom. The maximum absolute atomic E-state index is 13.4. The van der Waals surface area contributed by atoms with Crippen LogP contribution in [0.4, 0.5) is 4.39 Å². The van der Waals surface area contributed by atoms with Crippen LogP contribution in [0.2, 0.25) is 10.0 Å². The molecule has 3 aromatic rings. The van der Waals surface area contributed by atoms with Crippen LogP contribution in [-0.2, 0) is 4.79 Å². The number of benzene rings is 2. The van der Waals surface area contributed by atoms with Crippen LogP contribution in [0.15, 0.2) is 48.5 Å². The third-order valence-corrected chi connectivity index (χ3v) is 6.46. The molecule has 0 aliphatic heterocycles. The summed E-state index contributed by atoms with van der Waals surface area (Å²) in [5.41, 5.74) is 1.10. The average Bonchev–Trinajstić information content (AvgIpc) is 2.84. The zero-order chi connectivity index (χ0) is 24.1. The zero-order valence-corrected chi connectivity index (χ0v) is 19.8. The maximum atomic E-state index is 13.4. The average molecular weight is 508 g/mol. The van der Waals surface area contributed by atoms with Crippen molar-refractivity contribution in [2.45, 2.75) is 31.7 Å². The fourth-order valence-corrected chi connectivity index (χ4v) is 4.32. The molecule has 2 N–H and O–H groups in total. The molecular formula is C25H28Cl2FN3O3. The van der Waals surface area contributed by atoms with Gasteiger partial charge in [-0.2, -0.15) is 0 Å². The van der Waals surface area contributed by atoms with E-state index in [4.69, 9.17) is 27.9 Å². The van der Waals surface area contributed by atoms with Crippen LogP contribution in [0, 0.1) is 11.7 Å². The monoisotopic (exact) mass is 507 g/mol. The molecule has 0 atom stereocenters. The Balaban J connectivity index is 0.00000228. The molecule has 1 aliphatic rings. The highest BCUT2D eigenvalue weighted by Gasteiger charge is 2.23. The number of ether oxygens (including phenoxy) is 1. The highest BCUT2D eigenvalue weighted by Crippen LogP contribution is 2.25. The molecular weight excluding hydrogens is 480 g/mol. The molecule has 6 nitrogen and oxygen atoms in total. The van der Waals surface area contributed by atoms with Gasteiger partial charge in [-0.3, -0.25) is 9.59 Å². The highest BCUT2D eigenvalue weighted by atomic mass is 35.5. The number of nitrogens with zero attached hydrogens (tertiary/aromatic N) is 1. The van der Waals surface area contributed by atoms with Crippen LogP contribution < -0.4 is 15.4 Å². The number of carbonyl (C=O) groups is 2. The molecule has 1 fully saturated rings. The van der Waals surface area contributed by atoms with Crippen LogP contribution >= 0.6 is 23.2 Å². The first kappa shape index (κ1) is 24.2. The van der Waals surface area contributed by atoms with E-state index in [2.05, 4.69) is 15.6 Å². The van der Waals surface area contributed by atoms with Crippen molar-refractivity contribution in [1.29, 1.82) is 0 Å². The van der Waals surface area contributed by atoms with Crippen molar-refractivity contribution >= 4 is 45.9 Å². The molecule has 1 aliphatic carbocycles. The van der Waals surface area contributed by atoms with E-state index < -0.39 is 5.82 Å². The number of fused-ring (bicyclic) bond motifs is 1. The SMILES string of the molecule is O=C(COc1ccc(Cl)c(F)c1)NCC1CCC(NC(=O)c2ccc3cc(Cl)ccc3n2)CC1.[HH].[HH]. The lowest BCUT2D eigenvalue weighted by Crippen LogP contribution is -2.40. The van der Waals surface area contributed by atoms with E-state index in [0.29, 0.717) is 23.2 Å². The lowest BCUT2D eigenvalue weighted by Gasteiger charge is -2.29. The lowest BCUT2D eigenvalue weighted by atomic mass is 9.86. The summed E-state index contributed by atoms with van der Waals surface area (Å²) in [6, 6.07) is 13.0. The molecule has 0 spiro atoms.